The zero-order chi connectivity index (χ0) is 59.2. The number of hydrogen-bond acceptors (Lipinski definition) is 16. The summed E-state index contributed by atoms with van der Waals surface area (Å²) in [6.07, 6.45) is -4.41. The van der Waals surface area contributed by atoms with Gasteiger partial charge < -0.3 is 84.9 Å². The summed E-state index contributed by atoms with van der Waals surface area (Å²) in [5.74, 6) is -14.6. The Morgan fingerprint density at radius 2 is 0.857 bits per heavy atom. The second-order valence-electron chi connectivity index (χ2n) is 19.6. The average Bonchev–Trinajstić information content (AvgIpc) is 3.33. The van der Waals surface area contributed by atoms with Crippen LogP contribution in [0.15, 0.2) is 24.3 Å². The number of carbonyl (C=O) groups excluding carboxylic acids is 10. The number of hydrogen-bond donors (Lipinski definition) is 16. The molecule has 0 bridgehead atoms. The summed E-state index contributed by atoms with van der Waals surface area (Å²) in [4.78, 5) is 156. The van der Waals surface area contributed by atoms with Gasteiger partial charge in [-0.1, -0.05) is 66.5 Å². The van der Waals surface area contributed by atoms with Crippen molar-refractivity contribution >= 4 is 71.0 Å². The fourth-order valence-corrected chi connectivity index (χ4v) is 7.28. The van der Waals surface area contributed by atoms with E-state index in [1.165, 1.54) is 32.9 Å². The van der Waals surface area contributed by atoms with Crippen LogP contribution in [0.5, 0.6) is 5.75 Å². The molecule has 0 unspecified atom stereocenters. The van der Waals surface area contributed by atoms with Crippen LogP contribution in [0.3, 0.4) is 0 Å². The number of phenolic OH excluding ortho intramolecular Hbond substituents is 1. The van der Waals surface area contributed by atoms with Gasteiger partial charge in [0, 0.05) is 0 Å². The van der Waals surface area contributed by atoms with Crippen LogP contribution in [0, 0.1) is 17.8 Å². The summed E-state index contributed by atoms with van der Waals surface area (Å²) in [5, 5.41) is 70.4. The first kappa shape index (κ1) is 67.6. The van der Waals surface area contributed by atoms with Crippen molar-refractivity contribution in [3.63, 3.8) is 0 Å². The van der Waals surface area contributed by atoms with Gasteiger partial charge in [-0.15, -0.1) is 0 Å². The van der Waals surface area contributed by atoms with Gasteiger partial charge >= 0.3 is 11.9 Å². The number of rotatable bonds is 33. The quantitative estimate of drug-likeness (QED) is 0.0319. The lowest BCUT2D eigenvalue weighted by atomic mass is 9.94. The minimum Gasteiger partial charge on any atom is -0.508 e. The number of aliphatic carboxylic acids is 2. The molecule has 14 atom stereocenters. The molecule has 0 aliphatic heterocycles. The van der Waals surface area contributed by atoms with E-state index >= 15 is 0 Å². The van der Waals surface area contributed by atoms with Crippen LogP contribution in [0.25, 0.3) is 0 Å². The standard InChI is InChI=1S/C49H79N11O17/c1-11-22(5)36(45(72)52-25(8)41(68)59-39(27(10)62)48(75)55-32(20-35(65)66)43(70)56-33(49(76)77)19-34(51)64)58-46(73)37(23(6)12-2)57-44(71)31(17-21(3)4)54-40(67)24(7)53-47(74)38(26(9)61)60-42(69)30(50)18-28-13-15-29(63)16-14-28/h13-16,21-27,30-33,36-39,61-63H,11-12,17-20,50H2,1-10H3,(H2,51,64)(H,52,72)(H,53,74)(H,54,67)(H,55,75)(H,56,70)(H,57,71)(H,58,73)(H,59,68)(H,60,69)(H,65,66)(H,76,77)/t22-,23-,24-,25-,26+,27+,30-,31-,32-,33-,36-,37-,38-,39-/m0/s1. The maximum atomic E-state index is 14.1. The molecule has 432 valence electrons. The predicted octanol–water partition coefficient (Wildman–Crippen LogP) is -4.00. The van der Waals surface area contributed by atoms with Crippen LogP contribution in [-0.2, 0) is 64.0 Å². The molecular weight excluding hydrogens is 1010 g/mol. The number of amides is 10. The van der Waals surface area contributed by atoms with Gasteiger partial charge in [0.05, 0.1) is 31.1 Å². The third-order valence-corrected chi connectivity index (χ3v) is 12.3. The summed E-state index contributed by atoms with van der Waals surface area (Å²) in [6.45, 7) is 15.1. The molecule has 77 heavy (non-hydrogen) atoms. The first-order chi connectivity index (χ1) is 35.7. The number of carbonyl (C=O) groups is 12. The maximum absolute atomic E-state index is 14.1. The molecule has 28 heteroatoms. The van der Waals surface area contributed by atoms with Crippen molar-refractivity contribution in [1.82, 2.24) is 47.9 Å². The number of aromatic hydroxyl groups is 1. The lowest BCUT2D eigenvalue weighted by Crippen LogP contribution is -2.62. The Labute approximate surface area is 446 Å². The fraction of sp³-hybridized carbons (Fsp3) is 0.633. The first-order valence-electron chi connectivity index (χ1n) is 25.1. The molecule has 28 nitrogen and oxygen atoms in total. The minimum absolute atomic E-state index is 0.00670. The molecule has 0 saturated carbocycles. The number of nitrogens with one attached hydrogen (secondary N) is 9. The summed E-state index contributed by atoms with van der Waals surface area (Å²) in [6, 6.07) is -9.27. The smallest absolute Gasteiger partial charge is 0.326 e. The van der Waals surface area contributed by atoms with Crippen molar-refractivity contribution in [2.45, 2.75) is 180 Å². The van der Waals surface area contributed by atoms with E-state index in [4.69, 9.17) is 11.5 Å². The van der Waals surface area contributed by atoms with Crippen molar-refractivity contribution < 1.29 is 83.1 Å². The SMILES string of the molecule is CC[C@H](C)[C@H](NC(=O)[C@H](CC(C)C)NC(=O)[C@H](C)NC(=O)[C@@H](NC(=O)[C@@H](N)Cc1ccc(O)cc1)[C@@H](C)O)C(=O)N[C@H](C(=O)N[C@@H](C)C(=O)N[C@H](C(=O)N[C@@H](CC(=O)O)C(=O)N[C@@H](CC(N)=O)C(=O)O)[C@@H](C)O)[C@@H](C)CC. The Balaban J connectivity index is 3.22. The molecule has 0 fully saturated rings. The van der Waals surface area contributed by atoms with E-state index < -0.39 is 168 Å². The average molecular weight is 1090 g/mol. The van der Waals surface area contributed by atoms with Gasteiger partial charge in [0.2, 0.25) is 59.1 Å². The molecule has 0 heterocycles. The number of primary amides is 1. The van der Waals surface area contributed by atoms with Crippen molar-refractivity contribution in [2.24, 2.45) is 29.2 Å². The number of nitrogens with two attached hydrogens (primary N) is 2. The van der Waals surface area contributed by atoms with Gasteiger partial charge in [0.1, 0.15) is 60.1 Å². The molecule has 1 rings (SSSR count). The van der Waals surface area contributed by atoms with Crippen molar-refractivity contribution in [2.75, 3.05) is 0 Å². The van der Waals surface area contributed by atoms with Gasteiger partial charge in [0.15, 0.2) is 0 Å². The number of benzene rings is 1. The Morgan fingerprint density at radius 1 is 0.481 bits per heavy atom. The Morgan fingerprint density at radius 3 is 1.29 bits per heavy atom. The minimum atomic E-state index is -1.98. The number of carboxylic acid groups (broad SMARTS) is 2. The molecule has 0 aromatic heterocycles. The third kappa shape index (κ3) is 23.1. The van der Waals surface area contributed by atoms with Gasteiger partial charge in [-0.05, 0) is 76.0 Å². The maximum Gasteiger partial charge on any atom is 0.326 e. The van der Waals surface area contributed by atoms with Gasteiger partial charge in [-0.3, -0.25) is 52.7 Å². The van der Waals surface area contributed by atoms with E-state index in [1.54, 1.807) is 53.7 Å². The lowest BCUT2D eigenvalue weighted by Gasteiger charge is -2.31. The van der Waals surface area contributed by atoms with E-state index in [0.717, 1.165) is 6.92 Å². The largest absolute Gasteiger partial charge is 0.508 e. The van der Waals surface area contributed by atoms with E-state index in [9.17, 15) is 83.1 Å². The highest BCUT2D eigenvalue weighted by Crippen LogP contribution is 2.15. The fourth-order valence-electron chi connectivity index (χ4n) is 7.28. The molecule has 0 saturated heterocycles. The van der Waals surface area contributed by atoms with E-state index in [0.29, 0.717) is 18.4 Å². The van der Waals surface area contributed by atoms with Crippen molar-refractivity contribution in [3.05, 3.63) is 29.8 Å². The number of phenols is 1. The van der Waals surface area contributed by atoms with Crippen molar-refractivity contribution in [3.8, 4) is 5.75 Å². The van der Waals surface area contributed by atoms with Crippen LogP contribution < -0.4 is 59.3 Å². The van der Waals surface area contributed by atoms with Crippen LogP contribution in [0.1, 0.15) is 107 Å². The molecule has 0 aliphatic rings. The molecule has 10 amide bonds. The van der Waals surface area contributed by atoms with Gasteiger partial charge in [-0.25, -0.2) is 4.79 Å². The topological polar surface area (TPSA) is 466 Å². The second kappa shape index (κ2) is 32.2. The van der Waals surface area contributed by atoms with Crippen LogP contribution in [0.2, 0.25) is 0 Å². The predicted molar refractivity (Wildman–Crippen MR) is 274 cm³/mol. The number of aliphatic hydroxyl groups is 2. The highest BCUT2D eigenvalue weighted by molar-refractivity contribution is 5.99. The van der Waals surface area contributed by atoms with Gasteiger partial charge in [0.25, 0.3) is 0 Å². The van der Waals surface area contributed by atoms with E-state index in [1.807, 2.05) is 10.6 Å². The molecule has 18 N–H and O–H groups in total. The van der Waals surface area contributed by atoms with Crippen LogP contribution in [-0.4, -0.2) is 169 Å². The molecule has 0 radical (unpaired) electrons. The van der Waals surface area contributed by atoms with Crippen LogP contribution >= 0.6 is 0 Å². The zero-order valence-corrected chi connectivity index (χ0v) is 45.0. The van der Waals surface area contributed by atoms with Crippen LogP contribution in [0.4, 0.5) is 0 Å². The third-order valence-electron chi connectivity index (χ3n) is 12.3. The summed E-state index contributed by atoms with van der Waals surface area (Å²) in [5.41, 5.74) is 11.7. The molecule has 0 aliphatic carbocycles. The van der Waals surface area contributed by atoms with E-state index in [2.05, 4.69) is 37.2 Å². The number of carboxylic acids is 2. The molecular formula is C49H79N11O17. The van der Waals surface area contributed by atoms with Gasteiger partial charge in [-0.2, -0.15) is 0 Å². The highest BCUT2D eigenvalue weighted by atomic mass is 16.4. The highest BCUT2D eigenvalue weighted by Gasteiger charge is 2.38. The molecule has 1 aromatic rings. The summed E-state index contributed by atoms with van der Waals surface area (Å²) >= 11 is 0. The summed E-state index contributed by atoms with van der Waals surface area (Å²) < 4.78 is 0. The van der Waals surface area contributed by atoms with Crippen molar-refractivity contribution in [1.29, 1.82) is 0 Å². The molecule has 0 spiro atoms. The second-order valence-corrected chi connectivity index (χ2v) is 19.6. The summed E-state index contributed by atoms with van der Waals surface area (Å²) in [7, 11) is 0. The monoisotopic (exact) mass is 1090 g/mol. The lowest BCUT2D eigenvalue weighted by molar-refractivity contribution is -0.145. The zero-order valence-electron chi connectivity index (χ0n) is 45.0. The number of aliphatic hydroxyl groups excluding tert-OH is 2. The first-order valence-corrected chi connectivity index (χ1v) is 25.1. The Bertz CT molecular complexity index is 2250. The normalized spacial score (nSPS) is 16.6. The Hall–Kier alpha value is -7.46. The van der Waals surface area contributed by atoms with E-state index in [-0.39, 0.29) is 24.5 Å². The molecule has 1 aromatic carbocycles. The Kier molecular flexibility index (Phi) is 28.2.